The summed E-state index contributed by atoms with van der Waals surface area (Å²) in [5, 5.41) is 3.14. The molecule has 3 N–H and O–H groups in total. The zero-order valence-electron chi connectivity index (χ0n) is 11.3. The van der Waals surface area contributed by atoms with Crippen LogP contribution in [0.5, 0.6) is 0 Å². The fourth-order valence-electron chi connectivity index (χ4n) is 1.99. The second kappa shape index (κ2) is 5.27. The van der Waals surface area contributed by atoms with Crippen LogP contribution in [0, 0.1) is 0 Å². The van der Waals surface area contributed by atoms with Crippen LogP contribution in [-0.2, 0) is 11.2 Å². The Morgan fingerprint density at radius 3 is 2.95 bits per heavy atom. The normalized spacial score (nSPS) is 12.6. The number of esters is 1. The number of carbonyl (C=O) groups is 1. The zero-order valence-corrected chi connectivity index (χ0v) is 11.3. The highest BCUT2D eigenvalue weighted by Gasteiger charge is 2.19. The molecule has 1 atom stereocenters. The molecule has 102 valence electrons. The van der Waals surface area contributed by atoms with E-state index in [2.05, 4.69) is 10.3 Å². The maximum Gasteiger partial charge on any atom is 0.358 e. The van der Waals surface area contributed by atoms with Gasteiger partial charge in [0, 0.05) is 12.5 Å². The molecular formula is C13H18N4O2. The highest BCUT2D eigenvalue weighted by molar-refractivity contribution is 5.95. The van der Waals surface area contributed by atoms with E-state index in [9.17, 15) is 4.79 Å². The van der Waals surface area contributed by atoms with Crippen LogP contribution in [0.2, 0.25) is 0 Å². The molecule has 0 aliphatic rings. The summed E-state index contributed by atoms with van der Waals surface area (Å²) in [6.07, 6.45) is 0.670. The number of nitrogens with two attached hydrogens (primary N) is 1. The Morgan fingerprint density at radius 2 is 2.32 bits per heavy atom. The predicted molar refractivity (Wildman–Crippen MR) is 73.2 cm³/mol. The number of nitrogens with zero attached hydrogens (tertiary/aromatic N) is 2. The van der Waals surface area contributed by atoms with Crippen LogP contribution in [0.25, 0.3) is 5.52 Å². The van der Waals surface area contributed by atoms with Crippen LogP contribution < -0.4 is 11.1 Å². The molecular weight excluding hydrogens is 244 g/mol. The second-order valence-corrected chi connectivity index (χ2v) is 4.43. The van der Waals surface area contributed by atoms with Crippen LogP contribution in [0.4, 0.5) is 5.82 Å². The van der Waals surface area contributed by atoms with Gasteiger partial charge in [-0.3, -0.25) is 4.40 Å². The number of imidazole rings is 1. The van der Waals surface area contributed by atoms with E-state index in [-0.39, 0.29) is 6.04 Å². The Morgan fingerprint density at radius 1 is 1.58 bits per heavy atom. The van der Waals surface area contributed by atoms with Crippen molar-refractivity contribution in [3.8, 4) is 0 Å². The van der Waals surface area contributed by atoms with Gasteiger partial charge in [0.05, 0.1) is 12.6 Å². The van der Waals surface area contributed by atoms with Gasteiger partial charge in [-0.15, -0.1) is 0 Å². The van der Waals surface area contributed by atoms with Crippen LogP contribution in [0.1, 0.15) is 23.2 Å². The summed E-state index contributed by atoms with van der Waals surface area (Å²) in [6, 6.07) is 5.62. The summed E-state index contributed by atoms with van der Waals surface area (Å²) >= 11 is 0. The maximum atomic E-state index is 11.8. The molecule has 0 saturated heterocycles. The van der Waals surface area contributed by atoms with Gasteiger partial charge in [-0.1, -0.05) is 6.07 Å². The molecule has 2 aromatic heterocycles. The van der Waals surface area contributed by atoms with E-state index in [1.807, 2.05) is 20.0 Å². The number of anilines is 1. The molecule has 2 aromatic rings. The molecule has 0 aliphatic carbocycles. The van der Waals surface area contributed by atoms with Crippen molar-refractivity contribution in [3.05, 3.63) is 29.7 Å². The smallest absolute Gasteiger partial charge is 0.358 e. The van der Waals surface area contributed by atoms with Gasteiger partial charge in [0.15, 0.2) is 5.69 Å². The van der Waals surface area contributed by atoms with Gasteiger partial charge in [0.2, 0.25) is 0 Å². The van der Waals surface area contributed by atoms with E-state index in [1.165, 1.54) is 7.11 Å². The van der Waals surface area contributed by atoms with Crippen molar-refractivity contribution >= 4 is 17.3 Å². The van der Waals surface area contributed by atoms with Crippen molar-refractivity contribution in [1.82, 2.24) is 14.7 Å². The lowest BCUT2D eigenvalue weighted by atomic mass is 10.2. The molecule has 2 rings (SSSR count). The molecule has 0 aromatic carbocycles. The number of aromatic nitrogens is 2. The first kappa shape index (κ1) is 13.4. The first-order valence-electron chi connectivity index (χ1n) is 6.10. The van der Waals surface area contributed by atoms with Crippen molar-refractivity contribution in [3.63, 3.8) is 0 Å². The Kier molecular flexibility index (Phi) is 3.71. The number of hydrogen-bond donors (Lipinski definition) is 2. The van der Waals surface area contributed by atoms with Crippen LogP contribution >= 0.6 is 0 Å². The van der Waals surface area contributed by atoms with E-state index < -0.39 is 5.97 Å². The van der Waals surface area contributed by atoms with E-state index in [1.54, 1.807) is 16.5 Å². The Balaban J connectivity index is 2.60. The molecule has 0 spiro atoms. The number of likely N-dealkylation sites (N-methyl/N-ethyl adjacent to an activating group) is 1. The van der Waals surface area contributed by atoms with E-state index in [4.69, 9.17) is 10.5 Å². The molecule has 0 amide bonds. The lowest BCUT2D eigenvalue weighted by molar-refractivity contribution is 0.0597. The van der Waals surface area contributed by atoms with Gasteiger partial charge >= 0.3 is 5.97 Å². The van der Waals surface area contributed by atoms with Gasteiger partial charge in [0.25, 0.3) is 0 Å². The Labute approximate surface area is 111 Å². The fraction of sp³-hybridized carbons (Fsp3) is 0.385. The average molecular weight is 262 g/mol. The second-order valence-electron chi connectivity index (χ2n) is 4.43. The zero-order chi connectivity index (χ0) is 14.0. The molecule has 6 heteroatoms. The van der Waals surface area contributed by atoms with Crippen molar-refractivity contribution in [2.75, 3.05) is 19.9 Å². The van der Waals surface area contributed by atoms with Gasteiger partial charge in [-0.25, -0.2) is 9.78 Å². The number of fused-ring (bicyclic) bond motifs is 1. The highest BCUT2D eigenvalue weighted by atomic mass is 16.5. The third kappa shape index (κ3) is 2.39. The number of rotatable bonds is 4. The molecule has 2 heterocycles. The van der Waals surface area contributed by atoms with Crippen molar-refractivity contribution in [2.45, 2.75) is 19.4 Å². The quantitative estimate of drug-likeness (QED) is 0.798. The van der Waals surface area contributed by atoms with Crippen LogP contribution in [0.3, 0.4) is 0 Å². The monoisotopic (exact) mass is 262 g/mol. The van der Waals surface area contributed by atoms with Gasteiger partial charge in [-0.05, 0) is 26.1 Å². The lowest BCUT2D eigenvalue weighted by Gasteiger charge is -2.09. The van der Waals surface area contributed by atoms with E-state index in [0.29, 0.717) is 23.4 Å². The fourth-order valence-corrected chi connectivity index (χ4v) is 1.99. The molecule has 0 aliphatic heterocycles. The predicted octanol–water partition coefficient (Wildman–Crippen LogP) is 0.853. The number of pyridine rings is 1. The van der Waals surface area contributed by atoms with Gasteiger partial charge in [-0.2, -0.15) is 0 Å². The average Bonchev–Trinajstić information content (AvgIpc) is 2.78. The molecule has 0 radical (unpaired) electrons. The molecule has 6 nitrogen and oxygen atoms in total. The first-order valence-corrected chi connectivity index (χ1v) is 6.10. The molecule has 0 bridgehead atoms. The maximum absolute atomic E-state index is 11.8. The van der Waals surface area contributed by atoms with Crippen LogP contribution in [0.15, 0.2) is 18.2 Å². The molecule has 0 saturated carbocycles. The summed E-state index contributed by atoms with van der Waals surface area (Å²) in [4.78, 5) is 16.1. The van der Waals surface area contributed by atoms with E-state index in [0.717, 1.165) is 5.82 Å². The number of ether oxygens (including phenoxy) is 1. The summed E-state index contributed by atoms with van der Waals surface area (Å²) in [5.74, 6) is 0.847. The number of methoxy groups -OCH3 is 1. The minimum absolute atomic E-state index is 0.232. The Bertz CT molecular complexity index is 606. The first-order chi connectivity index (χ1) is 9.08. The number of hydrogen-bond acceptors (Lipinski definition) is 5. The van der Waals surface area contributed by atoms with Crippen molar-refractivity contribution in [2.24, 2.45) is 0 Å². The summed E-state index contributed by atoms with van der Waals surface area (Å²) < 4.78 is 6.55. The van der Waals surface area contributed by atoms with Gasteiger partial charge < -0.3 is 15.8 Å². The third-order valence-corrected chi connectivity index (χ3v) is 3.12. The summed E-state index contributed by atoms with van der Waals surface area (Å²) in [5.41, 5.74) is 6.95. The molecule has 0 fully saturated rings. The number of nitrogens with one attached hydrogen (secondary N) is 1. The topological polar surface area (TPSA) is 81.6 Å². The van der Waals surface area contributed by atoms with Crippen molar-refractivity contribution < 1.29 is 9.53 Å². The van der Waals surface area contributed by atoms with Crippen LogP contribution in [-0.4, -0.2) is 35.6 Å². The SMILES string of the molecule is CNC(C)Cc1nc(C(=O)OC)c2cccc(N)n12. The standard InChI is InChI=1S/C13H18N4O2/c1-8(15-2)7-11-16-12(13(18)19-3)9-5-4-6-10(14)17(9)11/h4-6,8,15H,7,14H2,1-3H3. The highest BCUT2D eigenvalue weighted by Crippen LogP contribution is 2.19. The lowest BCUT2D eigenvalue weighted by Crippen LogP contribution is -2.24. The number of nitrogen functional groups attached to an aromatic ring is 1. The molecule has 19 heavy (non-hydrogen) atoms. The van der Waals surface area contributed by atoms with Gasteiger partial charge in [0.1, 0.15) is 11.6 Å². The molecule has 1 unspecified atom stereocenters. The third-order valence-electron chi connectivity index (χ3n) is 3.12. The van der Waals surface area contributed by atoms with Crippen molar-refractivity contribution in [1.29, 1.82) is 0 Å². The minimum atomic E-state index is -0.452. The largest absolute Gasteiger partial charge is 0.464 e. The van der Waals surface area contributed by atoms with E-state index >= 15 is 0 Å². The Hall–Kier alpha value is -2.08. The minimum Gasteiger partial charge on any atom is -0.464 e. The summed E-state index contributed by atoms with van der Waals surface area (Å²) in [6.45, 7) is 2.04. The number of carbonyl (C=O) groups excluding carboxylic acids is 1. The summed E-state index contributed by atoms with van der Waals surface area (Å²) in [7, 11) is 3.22.